The third-order valence-electron chi connectivity index (χ3n) is 4.30. The lowest BCUT2D eigenvalue weighted by Gasteiger charge is -2.25. The molecule has 2 N–H and O–H groups in total. The normalized spacial score (nSPS) is 17.5. The number of rotatable bonds is 8. The lowest BCUT2D eigenvalue weighted by atomic mass is 10.3. The maximum absolute atomic E-state index is 13.2. The molecule has 2 unspecified atom stereocenters. The highest BCUT2D eigenvalue weighted by molar-refractivity contribution is 5.79. The van der Waals surface area contributed by atoms with Crippen LogP contribution in [0.4, 0.5) is 4.39 Å². The fourth-order valence-corrected chi connectivity index (χ4v) is 2.51. The zero-order chi connectivity index (χ0) is 17.5. The maximum atomic E-state index is 13.2. The van der Waals surface area contributed by atoms with E-state index in [4.69, 9.17) is 4.74 Å². The van der Waals surface area contributed by atoms with Gasteiger partial charge in [0.25, 0.3) is 0 Å². The van der Waals surface area contributed by atoms with Crippen LogP contribution in [0.15, 0.2) is 29.3 Å². The molecule has 1 aliphatic carbocycles. The predicted molar refractivity (Wildman–Crippen MR) is 96.1 cm³/mol. The topological polar surface area (TPSA) is 48.9 Å². The zero-order valence-electron chi connectivity index (χ0n) is 15.1. The van der Waals surface area contributed by atoms with Crippen molar-refractivity contribution in [2.24, 2.45) is 4.99 Å². The van der Waals surface area contributed by atoms with E-state index in [0.29, 0.717) is 18.3 Å². The Hall–Kier alpha value is -1.82. The molecule has 6 heteroatoms. The van der Waals surface area contributed by atoms with E-state index in [0.717, 1.165) is 18.5 Å². The van der Waals surface area contributed by atoms with Gasteiger partial charge in [0.2, 0.25) is 0 Å². The first-order chi connectivity index (χ1) is 11.5. The van der Waals surface area contributed by atoms with Crippen LogP contribution in [0.25, 0.3) is 0 Å². The number of hydrogen-bond acceptors (Lipinski definition) is 3. The van der Waals surface area contributed by atoms with Crippen molar-refractivity contribution in [1.29, 1.82) is 0 Å². The van der Waals surface area contributed by atoms with Gasteiger partial charge < -0.3 is 15.4 Å². The summed E-state index contributed by atoms with van der Waals surface area (Å²) in [4.78, 5) is 6.65. The Morgan fingerprint density at radius 2 is 2.04 bits per heavy atom. The molecular formula is C18H29FN4O. The summed E-state index contributed by atoms with van der Waals surface area (Å²) >= 11 is 0. The Morgan fingerprint density at radius 1 is 1.33 bits per heavy atom. The molecule has 5 nitrogen and oxygen atoms in total. The van der Waals surface area contributed by atoms with Crippen molar-refractivity contribution in [3.8, 4) is 5.75 Å². The monoisotopic (exact) mass is 336 g/mol. The zero-order valence-corrected chi connectivity index (χ0v) is 15.1. The molecule has 0 bridgehead atoms. The van der Waals surface area contributed by atoms with Gasteiger partial charge in [-0.1, -0.05) is 6.07 Å². The minimum Gasteiger partial charge on any atom is -0.489 e. The molecule has 0 heterocycles. The van der Waals surface area contributed by atoms with Crippen LogP contribution in [-0.2, 0) is 0 Å². The summed E-state index contributed by atoms with van der Waals surface area (Å²) in [6.45, 7) is 5.58. The Kier molecular flexibility index (Phi) is 6.85. The van der Waals surface area contributed by atoms with Crippen molar-refractivity contribution in [3.05, 3.63) is 30.1 Å². The van der Waals surface area contributed by atoms with Crippen LogP contribution in [0.5, 0.6) is 5.75 Å². The molecule has 1 aromatic rings. The highest BCUT2D eigenvalue weighted by Crippen LogP contribution is 2.26. The summed E-state index contributed by atoms with van der Waals surface area (Å²) in [6.07, 6.45) is 2.52. The van der Waals surface area contributed by atoms with Gasteiger partial charge in [0, 0.05) is 31.7 Å². The van der Waals surface area contributed by atoms with Gasteiger partial charge in [-0.3, -0.25) is 9.89 Å². The number of halogens is 1. The highest BCUT2D eigenvalue weighted by atomic mass is 19.1. The fraction of sp³-hybridized carbons (Fsp3) is 0.611. The minimum atomic E-state index is -0.293. The molecule has 0 aliphatic heterocycles. The van der Waals surface area contributed by atoms with Crippen molar-refractivity contribution >= 4 is 5.96 Å². The van der Waals surface area contributed by atoms with E-state index in [9.17, 15) is 4.39 Å². The van der Waals surface area contributed by atoms with Crippen LogP contribution in [0, 0.1) is 5.82 Å². The number of hydrogen-bond donors (Lipinski definition) is 2. The number of likely N-dealkylation sites (N-methyl/N-ethyl adjacent to an activating group) is 1. The quantitative estimate of drug-likeness (QED) is 0.565. The summed E-state index contributed by atoms with van der Waals surface area (Å²) in [5.41, 5.74) is 0. The van der Waals surface area contributed by atoms with Crippen LogP contribution in [0.2, 0.25) is 0 Å². The first-order valence-corrected chi connectivity index (χ1v) is 8.58. The third kappa shape index (κ3) is 6.00. The molecule has 0 spiro atoms. The van der Waals surface area contributed by atoms with Gasteiger partial charge >= 0.3 is 0 Å². The second kappa shape index (κ2) is 8.87. The first-order valence-electron chi connectivity index (χ1n) is 8.58. The van der Waals surface area contributed by atoms with E-state index in [1.807, 2.05) is 6.92 Å². The van der Waals surface area contributed by atoms with Crippen LogP contribution in [0.3, 0.4) is 0 Å². The molecule has 134 valence electrons. The lowest BCUT2D eigenvalue weighted by Crippen LogP contribution is -2.47. The molecule has 2 atom stereocenters. The fourth-order valence-electron chi connectivity index (χ4n) is 2.51. The number of nitrogens with one attached hydrogen (secondary N) is 2. The van der Waals surface area contributed by atoms with E-state index in [1.54, 1.807) is 19.2 Å². The summed E-state index contributed by atoms with van der Waals surface area (Å²) in [5.74, 6) is 0.992. The average Bonchev–Trinajstić information content (AvgIpc) is 3.39. The molecule has 0 saturated heterocycles. The predicted octanol–water partition coefficient (Wildman–Crippen LogP) is 2.24. The van der Waals surface area contributed by atoms with Crippen LogP contribution >= 0.6 is 0 Å². The Labute approximate surface area is 144 Å². The van der Waals surface area contributed by atoms with Crippen LogP contribution < -0.4 is 15.4 Å². The second-order valence-electron chi connectivity index (χ2n) is 6.47. The van der Waals surface area contributed by atoms with E-state index < -0.39 is 0 Å². The molecule has 1 fully saturated rings. The van der Waals surface area contributed by atoms with Crippen LogP contribution in [-0.4, -0.2) is 56.2 Å². The summed E-state index contributed by atoms with van der Waals surface area (Å²) < 4.78 is 18.9. The van der Waals surface area contributed by atoms with E-state index in [1.165, 1.54) is 25.0 Å². The molecule has 1 saturated carbocycles. The van der Waals surface area contributed by atoms with Crippen molar-refractivity contribution in [3.63, 3.8) is 0 Å². The molecular weight excluding hydrogens is 307 g/mol. The highest BCUT2D eigenvalue weighted by Gasteiger charge is 2.28. The van der Waals surface area contributed by atoms with Gasteiger partial charge in [-0.15, -0.1) is 0 Å². The van der Waals surface area contributed by atoms with Crippen LogP contribution in [0.1, 0.15) is 26.7 Å². The van der Waals surface area contributed by atoms with Gasteiger partial charge in [-0.2, -0.15) is 0 Å². The van der Waals surface area contributed by atoms with E-state index >= 15 is 0 Å². The third-order valence-corrected chi connectivity index (χ3v) is 4.30. The van der Waals surface area contributed by atoms with Crippen molar-refractivity contribution < 1.29 is 9.13 Å². The largest absolute Gasteiger partial charge is 0.489 e. The minimum absolute atomic E-state index is 0.100. The standard InChI is InChI=1S/C18H29FN4O/c1-13(23(4)16-8-9-16)11-21-18(20-3)22-12-14(2)24-17-7-5-6-15(19)10-17/h5-7,10,13-14,16H,8-9,11-12H2,1-4H3,(H2,20,21,22). The first kappa shape index (κ1) is 18.5. The summed E-state index contributed by atoms with van der Waals surface area (Å²) in [7, 11) is 3.93. The molecule has 24 heavy (non-hydrogen) atoms. The second-order valence-corrected chi connectivity index (χ2v) is 6.47. The summed E-state index contributed by atoms with van der Waals surface area (Å²) in [5, 5.41) is 6.59. The molecule has 0 radical (unpaired) electrons. The van der Waals surface area contributed by atoms with E-state index in [2.05, 4.69) is 34.5 Å². The Morgan fingerprint density at radius 3 is 2.67 bits per heavy atom. The van der Waals surface area contributed by atoms with Gasteiger partial charge in [-0.25, -0.2) is 4.39 Å². The van der Waals surface area contributed by atoms with Gasteiger partial charge in [-0.05, 0) is 45.9 Å². The molecule has 1 aliphatic rings. The van der Waals surface area contributed by atoms with Crippen molar-refractivity contribution in [2.75, 3.05) is 27.2 Å². The smallest absolute Gasteiger partial charge is 0.191 e. The number of aliphatic imine (C=N–C) groups is 1. The Balaban J connectivity index is 1.70. The summed E-state index contributed by atoms with van der Waals surface area (Å²) in [6, 6.07) is 7.39. The molecule has 0 amide bonds. The SMILES string of the molecule is CN=C(NCC(C)Oc1cccc(F)c1)NCC(C)N(C)C1CC1. The lowest BCUT2D eigenvalue weighted by molar-refractivity contribution is 0.222. The van der Waals surface area contributed by atoms with Gasteiger partial charge in [0.1, 0.15) is 17.7 Å². The molecule has 1 aromatic carbocycles. The molecule has 0 aromatic heterocycles. The molecule has 2 rings (SSSR count). The number of benzene rings is 1. The Bertz CT molecular complexity index is 548. The van der Waals surface area contributed by atoms with Gasteiger partial charge in [0.05, 0.1) is 6.54 Å². The number of guanidine groups is 1. The number of ether oxygens (including phenoxy) is 1. The maximum Gasteiger partial charge on any atom is 0.191 e. The van der Waals surface area contributed by atoms with Crippen molar-refractivity contribution in [1.82, 2.24) is 15.5 Å². The van der Waals surface area contributed by atoms with Crippen molar-refractivity contribution in [2.45, 2.75) is 44.9 Å². The average molecular weight is 336 g/mol. The number of nitrogens with zero attached hydrogens (tertiary/aromatic N) is 2. The van der Waals surface area contributed by atoms with Gasteiger partial charge in [0.15, 0.2) is 5.96 Å². The van der Waals surface area contributed by atoms with E-state index in [-0.39, 0.29) is 11.9 Å².